The van der Waals surface area contributed by atoms with Gasteiger partial charge in [0.25, 0.3) is 0 Å². The largest absolute Gasteiger partial charge is 0.370 e. The number of carbonyl (C=O) groups excluding carboxylic acids is 3. The van der Waals surface area contributed by atoms with Gasteiger partial charge < -0.3 is 33.6 Å². The van der Waals surface area contributed by atoms with Gasteiger partial charge >= 0.3 is 0 Å². The first-order chi connectivity index (χ1) is 19.6. The Bertz CT molecular complexity index is 1180. The Morgan fingerprint density at radius 3 is 2.10 bits per heavy atom. The van der Waals surface area contributed by atoms with Crippen LogP contribution < -0.4 is 33.6 Å². The van der Waals surface area contributed by atoms with Crippen LogP contribution in [0, 0.1) is 11.7 Å². The smallest absolute Gasteiger partial charge is 0.240 e. The monoisotopic (exact) mass is 567 g/mol. The van der Waals surface area contributed by atoms with Crippen molar-refractivity contribution in [3.05, 3.63) is 65.5 Å². The van der Waals surface area contributed by atoms with E-state index in [-0.39, 0.29) is 31.1 Å². The maximum absolute atomic E-state index is 13.3. The summed E-state index contributed by atoms with van der Waals surface area (Å²) >= 11 is 0. The molecule has 1 aliphatic carbocycles. The van der Waals surface area contributed by atoms with Crippen molar-refractivity contribution in [1.82, 2.24) is 10.6 Å². The van der Waals surface area contributed by atoms with Crippen LogP contribution in [-0.4, -0.2) is 41.8 Å². The minimum absolute atomic E-state index is 0.0222. The van der Waals surface area contributed by atoms with Crippen LogP contribution in [0.15, 0.2) is 53.5 Å². The van der Waals surface area contributed by atoms with Gasteiger partial charge in [-0.2, -0.15) is 0 Å². The fraction of sp³-hybridized carbons (Fsp3) is 0.467. The molecular weight excluding hydrogens is 525 g/mol. The predicted molar refractivity (Wildman–Crippen MR) is 157 cm³/mol. The average Bonchev–Trinajstić information content (AvgIpc) is 2.93. The molecule has 0 heterocycles. The second-order valence-corrected chi connectivity index (χ2v) is 10.9. The summed E-state index contributed by atoms with van der Waals surface area (Å²) in [6, 6.07) is 10.5. The highest BCUT2D eigenvalue weighted by Gasteiger charge is 2.25. The summed E-state index contributed by atoms with van der Waals surface area (Å²) in [7, 11) is 0. The molecule has 0 bridgehead atoms. The van der Waals surface area contributed by atoms with Crippen molar-refractivity contribution in [2.24, 2.45) is 33.8 Å². The summed E-state index contributed by atoms with van der Waals surface area (Å²) in [5, 5.41) is 5.66. The number of amides is 3. The van der Waals surface area contributed by atoms with Gasteiger partial charge in [0, 0.05) is 18.9 Å². The number of guanidine groups is 1. The second kappa shape index (κ2) is 15.7. The first-order valence-corrected chi connectivity index (χ1v) is 14.2. The van der Waals surface area contributed by atoms with Crippen molar-refractivity contribution in [2.75, 3.05) is 0 Å². The van der Waals surface area contributed by atoms with Crippen molar-refractivity contribution < 1.29 is 18.8 Å². The Balaban J connectivity index is 1.62. The molecule has 41 heavy (non-hydrogen) atoms. The van der Waals surface area contributed by atoms with Crippen LogP contribution in [-0.2, 0) is 27.2 Å². The molecule has 0 aliphatic heterocycles. The SMILES string of the molecule is NC(=O)[C@H](Cc1ccc(F)cc1)NC(=O)C[C@H](CCC1CCCCC1)NC(=O)[C@@H](N)Cc1ccc(N=C(N)N)cc1. The van der Waals surface area contributed by atoms with E-state index in [1.807, 2.05) is 0 Å². The van der Waals surface area contributed by atoms with Crippen molar-refractivity contribution in [2.45, 2.75) is 82.3 Å². The van der Waals surface area contributed by atoms with Gasteiger partial charge in [0.05, 0.1) is 11.7 Å². The summed E-state index contributed by atoms with van der Waals surface area (Å²) in [6.07, 6.45) is 7.81. The molecule has 10 N–H and O–H groups in total. The van der Waals surface area contributed by atoms with Gasteiger partial charge in [-0.3, -0.25) is 14.4 Å². The number of aliphatic imine (C=N–C) groups is 1. The maximum atomic E-state index is 13.3. The minimum atomic E-state index is -0.966. The molecule has 3 atom stereocenters. The van der Waals surface area contributed by atoms with E-state index in [1.165, 1.54) is 31.4 Å². The number of nitrogens with zero attached hydrogens (tertiary/aromatic N) is 1. The lowest BCUT2D eigenvalue weighted by Crippen LogP contribution is -2.50. The number of hydrogen-bond donors (Lipinski definition) is 6. The molecule has 0 aromatic heterocycles. The maximum Gasteiger partial charge on any atom is 0.240 e. The zero-order valence-corrected chi connectivity index (χ0v) is 23.4. The van der Waals surface area contributed by atoms with Crippen LogP contribution >= 0.6 is 0 Å². The highest BCUT2D eigenvalue weighted by atomic mass is 19.1. The van der Waals surface area contributed by atoms with E-state index in [0.717, 1.165) is 24.8 Å². The number of primary amides is 1. The summed E-state index contributed by atoms with van der Waals surface area (Å²) in [6.45, 7) is 0. The van der Waals surface area contributed by atoms with Gasteiger partial charge in [0.1, 0.15) is 11.9 Å². The van der Waals surface area contributed by atoms with Crippen molar-refractivity contribution in [1.29, 1.82) is 0 Å². The number of hydrogen-bond acceptors (Lipinski definition) is 5. The van der Waals surface area contributed by atoms with Gasteiger partial charge in [-0.25, -0.2) is 9.38 Å². The zero-order valence-electron chi connectivity index (χ0n) is 23.4. The Hall–Kier alpha value is -3.99. The Morgan fingerprint density at radius 1 is 0.878 bits per heavy atom. The molecule has 11 heteroatoms. The number of halogens is 1. The zero-order chi connectivity index (χ0) is 29.8. The molecule has 10 nitrogen and oxygen atoms in total. The highest BCUT2D eigenvalue weighted by Crippen LogP contribution is 2.28. The highest BCUT2D eigenvalue weighted by molar-refractivity contribution is 5.88. The van der Waals surface area contributed by atoms with E-state index in [1.54, 1.807) is 36.4 Å². The van der Waals surface area contributed by atoms with E-state index < -0.39 is 35.8 Å². The first-order valence-electron chi connectivity index (χ1n) is 14.2. The quantitative estimate of drug-likeness (QED) is 0.149. The van der Waals surface area contributed by atoms with E-state index in [4.69, 9.17) is 22.9 Å². The van der Waals surface area contributed by atoms with Gasteiger partial charge in [-0.15, -0.1) is 0 Å². The third-order valence-corrected chi connectivity index (χ3v) is 7.44. The van der Waals surface area contributed by atoms with E-state index in [2.05, 4.69) is 15.6 Å². The van der Waals surface area contributed by atoms with Crippen molar-refractivity contribution in [3.63, 3.8) is 0 Å². The standard InChI is InChI=1S/C30H42FN7O3/c31-22-11-6-21(7-12-22)17-26(28(33)40)38-27(39)18-24(15-8-19-4-2-1-3-5-19)36-29(41)25(32)16-20-9-13-23(14-10-20)37-30(34)35/h6-7,9-14,19,24-26H,1-5,8,15-18,32H2,(H2,33,40)(H,36,41)(H,38,39)(H4,34,35,37)/t24-,25-,26-/m0/s1. The Kier molecular flexibility index (Phi) is 12.1. The molecule has 0 spiro atoms. The summed E-state index contributed by atoms with van der Waals surface area (Å²) in [5.41, 5.74) is 24.7. The number of carbonyl (C=O) groups is 3. The van der Waals surface area contributed by atoms with E-state index in [0.29, 0.717) is 23.6 Å². The summed E-state index contributed by atoms with van der Waals surface area (Å²) in [4.78, 5) is 42.1. The Morgan fingerprint density at radius 2 is 1.49 bits per heavy atom. The lowest BCUT2D eigenvalue weighted by atomic mass is 9.85. The molecule has 0 saturated heterocycles. The van der Waals surface area contributed by atoms with Crippen LogP contribution in [0.5, 0.6) is 0 Å². The van der Waals surface area contributed by atoms with E-state index in [9.17, 15) is 18.8 Å². The lowest BCUT2D eigenvalue weighted by Gasteiger charge is -2.26. The molecule has 3 amide bonds. The van der Waals surface area contributed by atoms with Gasteiger partial charge in [-0.1, -0.05) is 56.4 Å². The van der Waals surface area contributed by atoms with Crippen LogP contribution in [0.2, 0.25) is 0 Å². The molecule has 0 radical (unpaired) electrons. The van der Waals surface area contributed by atoms with E-state index >= 15 is 0 Å². The van der Waals surface area contributed by atoms with Gasteiger partial charge in [-0.05, 0) is 60.6 Å². The fourth-order valence-corrected chi connectivity index (χ4v) is 5.20. The van der Waals surface area contributed by atoms with Crippen molar-refractivity contribution >= 4 is 29.4 Å². The number of nitrogens with two attached hydrogens (primary N) is 4. The van der Waals surface area contributed by atoms with Crippen LogP contribution in [0.4, 0.5) is 10.1 Å². The molecule has 1 saturated carbocycles. The third kappa shape index (κ3) is 11.2. The van der Waals surface area contributed by atoms with Crippen LogP contribution in [0.3, 0.4) is 0 Å². The number of benzene rings is 2. The lowest BCUT2D eigenvalue weighted by molar-refractivity contribution is -0.128. The molecule has 222 valence electrons. The first kappa shape index (κ1) is 31.5. The molecule has 1 fully saturated rings. The second-order valence-electron chi connectivity index (χ2n) is 10.9. The normalized spacial score (nSPS) is 15.8. The molecule has 2 aromatic rings. The van der Waals surface area contributed by atoms with Crippen LogP contribution in [0.1, 0.15) is 62.5 Å². The minimum Gasteiger partial charge on any atom is -0.370 e. The van der Waals surface area contributed by atoms with Crippen LogP contribution in [0.25, 0.3) is 0 Å². The average molecular weight is 568 g/mol. The Labute approximate surface area is 240 Å². The number of nitrogens with one attached hydrogen (secondary N) is 2. The third-order valence-electron chi connectivity index (χ3n) is 7.44. The van der Waals surface area contributed by atoms with Crippen molar-refractivity contribution in [3.8, 4) is 0 Å². The molecule has 1 aliphatic rings. The van der Waals surface area contributed by atoms with Gasteiger partial charge in [0.15, 0.2) is 5.96 Å². The summed E-state index contributed by atoms with van der Waals surface area (Å²) < 4.78 is 13.3. The predicted octanol–water partition coefficient (Wildman–Crippen LogP) is 2.05. The van der Waals surface area contributed by atoms with Gasteiger partial charge in [0.2, 0.25) is 17.7 Å². The fourth-order valence-electron chi connectivity index (χ4n) is 5.20. The molecule has 3 rings (SSSR count). The molecule has 2 aromatic carbocycles. The summed E-state index contributed by atoms with van der Waals surface area (Å²) in [5.74, 6) is -1.36. The molecular formula is C30H42FN7O3. The topological polar surface area (TPSA) is 192 Å². The molecule has 0 unspecified atom stereocenters. The number of rotatable bonds is 14.